The molecule has 1 aliphatic heterocycles. The fourth-order valence-electron chi connectivity index (χ4n) is 1.03. The average Bonchev–Trinajstić information content (AvgIpc) is 2.01. The minimum atomic E-state index is -1.22. The zero-order valence-corrected chi connectivity index (χ0v) is 5.92. The summed E-state index contributed by atoms with van der Waals surface area (Å²) in [7, 11) is 0. The number of rotatable bonds is 1. The first-order valence-corrected chi connectivity index (χ1v) is 3.43. The van der Waals surface area contributed by atoms with Gasteiger partial charge in [-0.25, -0.2) is 0 Å². The molecule has 1 aliphatic rings. The summed E-state index contributed by atoms with van der Waals surface area (Å²) in [6, 6.07) is 0. The first-order valence-electron chi connectivity index (χ1n) is 3.43. The highest BCUT2D eigenvalue weighted by atomic mass is 16.5. The summed E-state index contributed by atoms with van der Waals surface area (Å²) in [6.45, 7) is -0.408. The van der Waals surface area contributed by atoms with Crippen molar-refractivity contribution < 1.29 is 25.2 Å². The SMILES string of the molecule is OCC1OC[C@@H](O)C(O)[C@@H]1O. The monoisotopic (exact) mass is 164 g/mol. The standard InChI is InChI=1S/C6H12O5/c7-1-4-6(10)5(9)3(8)2-11-4/h3-10H,1-2H2/t3-,4?,5?,6-/m1/s1. The molecule has 1 rings (SSSR count). The summed E-state index contributed by atoms with van der Waals surface area (Å²) in [5, 5.41) is 35.7. The summed E-state index contributed by atoms with van der Waals surface area (Å²) in [4.78, 5) is 0. The van der Waals surface area contributed by atoms with E-state index in [1.807, 2.05) is 0 Å². The third kappa shape index (κ3) is 1.69. The second-order valence-electron chi connectivity index (χ2n) is 2.60. The number of hydrogen-bond donors (Lipinski definition) is 4. The number of aliphatic hydroxyl groups excluding tert-OH is 4. The molecule has 4 N–H and O–H groups in total. The van der Waals surface area contributed by atoms with Gasteiger partial charge in [0.15, 0.2) is 0 Å². The Morgan fingerprint density at radius 3 is 2.36 bits per heavy atom. The van der Waals surface area contributed by atoms with Crippen LogP contribution in [0, 0.1) is 0 Å². The van der Waals surface area contributed by atoms with Crippen LogP contribution in [0.4, 0.5) is 0 Å². The molecule has 0 aliphatic carbocycles. The maximum Gasteiger partial charge on any atom is 0.111 e. The Kier molecular flexibility index (Phi) is 2.80. The molecule has 1 fully saturated rings. The minimum absolute atomic E-state index is 0.0521. The first-order chi connectivity index (χ1) is 5.16. The molecule has 0 saturated carbocycles. The van der Waals surface area contributed by atoms with E-state index in [0.717, 1.165) is 0 Å². The highest BCUT2D eigenvalue weighted by molar-refractivity contribution is 4.85. The van der Waals surface area contributed by atoms with Crippen LogP contribution in [-0.4, -0.2) is 58.1 Å². The van der Waals surface area contributed by atoms with Crippen LogP contribution in [0.1, 0.15) is 0 Å². The van der Waals surface area contributed by atoms with E-state index in [9.17, 15) is 0 Å². The van der Waals surface area contributed by atoms with Crippen molar-refractivity contribution in [2.45, 2.75) is 24.4 Å². The lowest BCUT2D eigenvalue weighted by Gasteiger charge is -2.34. The van der Waals surface area contributed by atoms with Gasteiger partial charge in [-0.1, -0.05) is 0 Å². The second kappa shape index (κ2) is 3.46. The summed E-state index contributed by atoms with van der Waals surface area (Å²) in [5.41, 5.74) is 0. The van der Waals surface area contributed by atoms with Crippen molar-refractivity contribution in [3.63, 3.8) is 0 Å². The van der Waals surface area contributed by atoms with Crippen LogP contribution in [0.2, 0.25) is 0 Å². The second-order valence-corrected chi connectivity index (χ2v) is 2.60. The fourth-order valence-corrected chi connectivity index (χ4v) is 1.03. The lowest BCUT2D eigenvalue weighted by molar-refractivity contribution is -0.195. The highest BCUT2D eigenvalue weighted by Crippen LogP contribution is 2.14. The molecule has 1 saturated heterocycles. The molecular formula is C6H12O5. The fraction of sp³-hybridized carbons (Fsp3) is 1.00. The number of hydrogen-bond acceptors (Lipinski definition) is 5. The smallest absolute Gasteiger partial charge is 0.111 e. The van der Waals surface area contributed by atoms with E-state index in [0.29, 0.717) is 0 Å². The van der Waals surface area contributed by atoms with E-state index in [-0.39, 0.29) is 13.2 Å². The molecule has 0 aromatic rings. The summed E-state index contributed by atoms with van der Waals surface area (Å²) >= 11 is 0. The van der Waals surface area contributed by atoms with E-state index in [4.69, 9.17) is 25.2 Å². The van der Waals surface area contributed by atoms with Crippen LogP contribution in [0.15, 0.2) is 0 Å². The van der Waals surface area contributed by atoms with Crippen LogP contribution < -0.4 is 0 Å². The van der Waals surface area contributed by atoms with Gasteiger partial charge in [0, 0.05) is 0 Å². The van der Waals surface area contributed by atoms with E-state index >= 15 is 0 Å². The van der Waals surface area contributed by atoms with Crippen molar-refractivity contribution in [1.29, 1.82) is 0 Å². The third-order valence-corrected chi connectivity index (χ3v) is 1.79. The zero-order chi connectivity index (χ0) is 8.43. The van der Waals surface area contributed by atoms with Gasteiger partial charge in [0.1, 0.15) is 24.4 Å². The molecule has 0 radical (unpaired) electrons. The van der Waals surface area contributed by atoms with Crippen molar-refractivity contribution in [3.8, 4) is 0 Å². The van der Waals surface area contributed by atoms with Gasteiger partial charge in [-0.3, -0.25) is 0 Å². The number of ether oxygens (including phenoxy) is 1. The molecule has 1 heterocycles. The van der Waals surface area contributed by atoms with Gasteiger partial charge in [0.25, 0.3) is 0 Å². The summed E-state index contributed by atoms with van der Waals surface area (Å²) < 4.78 is 4.81. The molecule has 2 unspecified atom stereocenters. The Morgan fingerprint density at radius 2 is 1.82 bits per heavy atom. The Morgan fingerprint density at radius 1 is 1.18 bits per heavy atom. The Hall–Kier alpha value is -0.200. The van der Waals surface area contributed by atoms with Gasteiger partial charge in [0.05, 0.1) is 13.2 Å². The zero-order valence-electron chi connectivity index (χ0n) is 5.92. The van der Waals surface area contributed by atoms with Gasteiger partial charge in [-0.05, 0) is 0 Å². The van der Waals surface area contributed by atoms with Gasteiger partial charge >= 0.3 is 0 Å². The van der Waals surface area contributed by atoms with Gasteiger partial charge < -0.3 is 25.2 Å². The Bertz CT molecular complexity index is 126. The molecule has 66 valence electrons. The molecule has 0 amide bonds. The molecule has 0 aromatic heterocycles. The van der Waals surface area contributed by atoms with Crippen molar-refractivity contribution in [3.05, 3.63) is 0 Å². The van der Waals surface area contributed by atoms with Crippen LogP contribution in [0.25, 0.3) is 0 Å². The minimum Gasteiger partial charge on any atom is -0.394 e. The lowest BCUT2D eigenvalue weighted by atomic mass is 10.0. The third-order valence-electron chi connectivity index (χ3n) is 1.79. The molecule has 5 heteroatoms. The van der Waals surface area contributed by atoms with Crippen molar-refractivity contribution in [2.24, 2.45) is 0 Å². The van der Waals surface area contributed by atoms with Crippen LogP contribution >= 0.6 is 0 Å². The van der Waals surface area contributed by atoms with E-state index in [1.54, 1.807) is 0 Å². The van der Waals surface area contributed by atoms with Crippen molar-refractivity contribution in [2.75, 3.05) is 13.2 Å². The predicted octanol–water partition coefficient (Wildman–Crippen LogP) is -2.54. The molecular weight excluding hydrogens is 152 g/mol. The van der Waals surface area contributed by atoms with Crippen LogP contribution in [-0.2, 0) is 4.74 Å². The molecule has 11 heavy (non-hydrogen) atoms. The molecule has 4 atom stereocenters. The van der Waals surface area contributed by atoms with E-state index in [2.05, 4.69) is 0 Å². The quantitative estimate of drug-likeness (QED) is 0.343. The van der Waals surface area contributed by atoms with E-state index < -0.39 is 24.4 Å². The van der Waals surface area contributed by atoms with Crippen LogP contribution in [0.5, 0.6) is 0 Å². The summed E-state index contributed by atoms with van der Waals surface area (Å²) in [6.07, 6.45) is -4.27. The maximum absolute atomic E-state index is 9.11. The average molecular weight is 164 g/mol. The van der Waals surface area contributed by atoms with Crippen LogP contribution in [0.3, 0.4) is 0 Å². The Labute approximate surface area is 63.8 Å². The number of aliphatic hydroxyl groups is 4. The topological polar surface area (TPSA) is 90.2 Å². The highest BCUT2D eigenvalue weighted by Gasteiger charge is 2.36. The molecule has 0 bridgehead atoms. The summed E-state index contributed by atoms with van der Waals surface area (Å²) in [5.74, 6) is 0. The van der Waals surface area contributed by atoms with Crippen molar-refractivity contribution >= 4 is 0 Å². The predicted molar refractivity (Wildman–Crippen MR) is 34.8 cm³/mol. The van der Waals surface area contributed by atoms with E-state index in [1.165, 1.54) is 0 Å². The largest absolute Gasteiger partial charge is 0.394 e. The first kappa shape index (κ1) is 8.89. The van der Waals surface area contributed by atoms with Gasteiger partial charge in [-0.15, -0.1) is 0 Å². The van der Waals surface area contributed by atoms with Gasteiger partial charge in [-0.2, -0.15) is 0 Å². The maximum atomic E-state index is 9.11. The van der Waals surface area contributed by atoms with Gasteiger partial charge in [0.2, 0.25) is 0 Å². The lowest BCUT2D eigenvalue weighted by Crippen LogP contribution is -2.53. The molecule has 0 spiro atoms. The Balaban J connectivity index is 2.52. The van der Waals surface area contributed by atoms with Crippen molar-refractivity contribution in [1.82, 2.24) is 0 Å². The normalized spacial score (nSPS) is 45.8. The molecule has 0 aromatic carbocycles. The molecule has 5 nitrogen and oxygen atoms in total.